The Balaban J connectivity index is 2.45. The fourth-order valence-electron chi connectivity index (χ4n) is 1.72. The molecular formula is C10H18N2O5. The van der Waals surface area contributed by atoms with E-state index in [0.717, 1.165) is 0 Å². The normalized spacial score (nSPS) is 25.5. The van der Waals surface area contributed by atoms with Crippen LogP contribution in [-0.2, 0) is 14.3 Å². The van der Waals surface area contributed by atoms with Crippen LogP contribution in [-0.4, -0.2) is 53.5 Å². The first-order valence-corrected chi connectivity index (χ1v) is 5.58. The van der Waals surface area contributed by atoms with Gasteiger partial charge in [0.15, 0.2) is 0 Å². The summed E-state index contributed by atoms with van der Waals surface area (Å²) < 4.78 is 5.34. The highest BCUT2D eigenvalue weighted by Gasteiger charge is 2.32. The van der Waals surface area contributed by atoms with E-state index >= 15 is 0 Å². The standard InChI is InChI=1S/C10H18N2O5/c11-5-6-1-2-8(17-6)9(14)12-7(3-4-13)10(15)16/h6-8,13H,1-5,11H2,(H,12,14)(H,15,16). The lowest BCUT2D eigenvalue weighted by atomic mass is 10.1. The number of nitrogens with one attached hydrogen (secondary N) is 1. The molecule has 5 N–H and O–H groups in total. The van der Waals surface area contributed by atoms with Gasteiger partial charge in [-0.2, -0.15) is 0 Å². The minimum Gasteiger partial charge on any atom is -0.480 e. The van der Waals surface area contributed by atoms with Crippen molar-refractivity contribution in [3.05, 3.63) is 0 Å². The molecule has 1 amide bonds. The number of hydrogen-bond donors (Lipinski definition) is 4. The Morgan fingerprint density at radius 3 is 2.65 bits per heavy atom. The smallest absolute Gasteiger partial charge is 0.326 e. The number of nitrogens with two attached hydrogens (primary N) is 1. The quantitative estimate of drug-likeness (QED) is 0.450. The van der Waals surface area contributed by atoms with Gasteiger partial charge in [-0.05, 0) is 12.8 Å². The maximum Gasteiger partial charge on any atom is 0.326 e. The second-order valence-corrected chi connectivity index (χ2v) is 3.97. The number of carboxylic acids is 1. The van der Waals surface area contributed by atoms with Crippen LogP contribution in [0.15, 0.2) is 0 Å². The van der Waals surface area contributed by atoms with E-state index in [9.17, 15) is 9.59 Å². The van der Waals surface area contributed by atoms with Crippen molar-refractivity contribution >= 4 is 11.9 Å². The van der Waals surface area contributed by atoms with E-state index in [0.29, 0.717) is 19.4 Å². The van der Waals surface area contributed by atoms with Crippen LogP contribution in [0.1, 0.15) is 19.3 Å². The monoisotopic (exact) mass is 246 g/mol. The van der Waals surface area contributed by atoms with Gasteiger partial charge < -0.3 is 26.0 Å². The van der Waals surface area contributed by atoms with E-state index in [2.05, 4.69) is 5.32 Å². The van der Waals surface area contributed by atoms with Crippen LogP contribution in [0.4, 0.5) is 0 Å². The fraction of sp³-hybridized carbons (Fsp3) is 0.800. The Kier molecular flexibility index (Phi) is 5.33. The topological polar surface area (TPSA) is 122 Å². The highest BCUT2D eigenvalue weighted by Crippen LogP contribution is 2.19. The van der Waals surface area contributed by atoms with Crippen molar-refractivity contribution in [1.29, 1.82) is 0 Å². The van der Waals surface area contributed by atoms with Gasteiger partial charge in [-0.25, -0.2) is 4.79 Å². The number of carbonyl (C=O) groups excluding carboxylic acids is 1. The summed E-state index contributed by atoms with van der Waals surface area (Å²) in [6.45, 7) is 0.0526. The molecule has 7 heteroatoms. The van der Waals surface area contributed by atoms with E-state index in [4.69, 9.17) is 20.7 Å². The molecule has 1 fully saturated rings. The predicted molar refractivity (Wildman–Crippen MR) is 58.2 cm³/mol. The predicted octanol–water partition coefficient (Wildman–Crippen LogP) is -1.56. The van der Waals surface area contributed by atoms with E-state index in [1.165, 1.54) is 0 Å². The third-order valence-electron chi connectivity index (χ3n) is 2.70. The first-order valence-electron chi connectivity index (χ1n) is 5.58. The van der Waals surface area contributed by atoms with Crippen LogP contribution in [0.3, 0.4) is 0 Å². The van der Waals surface area contributed by atoms with Gasteiger partial charge in [-0.15, -0.1) is 0 Å². The van der Waals surface area contributed by atoms with E-state index < -0.39 is 24.0 Å². The minimum atomic E-state index is -1.17. The third kappa shape index (κ3) is 3.95. The summed E-state index contributed by atoms with van der Waals surface area (Å²) in [4.78, 5) is 22.4. The maximum absolute atomic E-state index is 11.7. The molecule has 1 aliphatic rings. The largest absolute Gasteiger partial charge is 0.480 e. The highest BCUT2D eigenvalue weighted by molar-refractivity contribution is 5.86. The van der Waals surface area contributed by atoms with E-state index in [1.54, 1.807) is 0 Å². The molecule has 0 saturated carbocycles. The molecule has 17 heavy (non-hydrogen) atoms. The molecule has 0 bridgehead atoms. The number of ether oxygens (including phenoxy) is 1. The van der Waals surface area contributed by atoms with Gasteiger partial charge in [0.05, 0.1) is 6.10 Å². The fourth-order valence-corrected chi connectivity index (χ4v) is 1.72. The molecule has 3 atom stereocenters. The molecule has 3 unspecified atom stereocenters. The molecule has 0 aromatic carbocycles. The van der Waals surface area contributed by atoms with Gasteiger partial charge in [0.1, 0.15) is 12.1 Å². The molecule has 7 nitrogen and oxygen atoms in total. The molecule has 0 aliphatic carbocycles. The SMILES string of the molecule is NCC1CCC(C(=O)NC(CCO)C(=O)O)O1. The molecule has 1 aliphatic heterocycles. The van der Waals surface area contributed by atoms with Gasteiger partial charge in [-0.3, -0.25) is 4.79 Å². The van der Waals surface area contributed by atoms with E-state index in [-0.39, 0.29) is 19.1 Å². The second-order valence-electron chi connectivity index (χ2n) is 3.97. The first kappa shape index (κ1) is 13.9. The van der Waals surface area contributed by atoms with Crippen molar-refractivity contribution in [3.63, 3.8) is 0 Å². The number of hydrogen-bond acceptors (Lipinski definition) is 5. The summed E-state index contributed by atoms with van der Waals surface area (Å²) >= 11 is 0. The minimum absolute atomic E-state index is 0.0197. The summed E-state index contributed by atoms with van der Waals surface area (Å²) in [6.07, 6.45) is 0.454. The molecule has 1 heterocycles. The molecule has 0 aromatic heterocycles. The molecule has 1 saturated heterocycles. The Bertz CT molecular complexity index is 284. The number of aliphatic hydroxyl groups excluding tert-OH is 1. The lowest BCUT2D eigenvalue weighted by Crippen LogP contribution is -2.46. The Hall–Kier alpha value is -1.18. The lowest BCUT2D eigenvalue weighted by molar-refractivity contribution is -0.144. The molecule has 0 aromatic rings. The van der Waals surface area contributed by atoms with Gasteiger partial charge in [0, 0.05) is 19.6 Å². The Morgan fingerprint density at radius 2 is 2.18 bits per heavy atom. The summed E-state index contributed by atoms with van der Waals surface area (Å²) in [5.41, 5.74) is 5.41. The first-order chi connectivity index (χ1) is 8.08. The van der Waals surface area contributed by atoms with Crippen molar-refractivity contribution in [2.75, 3.05) is 13.2 Å². The van der Waals surface area contributed by atoms with Crippen LogP contribution in [0, 0.1) is 0 Å². The Labute approximate surface area is 98.9 Å². The molecule has 0 radical (unpaired) electrons. The van der Waals surface area contributed by atoms with Crippen LogP contribution in [0.25, 0.3) is 0 Å². The maximum atomic E-state index is 11.7. The summed E-state index contributed by atoms with van der Waals surface area (Å²) in [6, 6.07) is -1.08. The van der Waals surface area contributed by atoms with Crippen molar-refractivity contribution in [3.8, 4) is 0 Å². The number of amides is 1. The van der Waals surface area contributed by atoms with Crippen molar-refractivity contribution in [2.45, 2.75) is 37.5 Å². The van der Waals surface area contributed by atoms with E-state index in [1.807, 2.05) is 0 Å². The van der Waals surface area contributed by atoms with Gasteiger partial charge in [0.2, 0.25) is 5.91 Å². The highest BCUT2D eigenvalue weighted by atomic mass is 16.5. The van der Waals surface area contributed by atoms with Crippen LogP contribution >= 0.6 is 0 Å². The molecule has 1 rings (SSSR count). The number of aliphatic hydroxyl groups is 1. The lowest BCUT2D eigenvalue weighted by Gasteiger charge is -2.17. The zero-order chi connectivity index (χ0) is 12.8. The number of aliphatic carboxylic acids is 1. The van der Waals surface area contributed by atoms with Crippen LogP contribution < -0.4 is 11.1 Å². The van der Waals surface area contributed by atoms with Crippen LogP contribution in [0.2, 0.25) is 0 Å². The summed E-state index contributed by atoms with van der Waals surface area (Å²) in [7, 11) is 0. The molecular weight excluding hydrogens is 228 g/mol. The Morgan fingerprint density at radius 1 is 1.47 bits per heavy atom. The third-order valence-corrected chi connectivity index (χ3v) is 2.70. The number of carboxylic acid groups (broad SMARTS) is 1. The van der Waals surface area contributed by atoms with Crippen molar-refractivity contribution in [1.82, 2.24) is 5.32 Å². The summed E-state index contributed by atoms with van der Waals surface area (Å²) in [5.74, 6) is -1.62. The van der Waals surface area contributed by atoms with Gasteiger partial charge in [0.25, 0.3) is 0 Å². The van der Waals surface area contributed by atoms with Crippen LogP contribution in [0.5, 0.6) is 0 Å². The number of carbonyl (C=O) groups is 2. The van der Waals surface area contributed by atoms with Crippen molar-refractivity contribution in [2.24, 2.45) is 5.73 Å². The molecule has 98 valence electrons. The number of rotatable bonds is 6. The van der Waals surface area contributed by atoms with Gasteiger partial charge >= 0.3 is 5.97 Å². The average molecular weight is 246 g/mol. The average Bonchev–Trinajstić information content (AvgIpc) is 2.76. The van der Waals surface area contributed by atoms with Crippen molar-refractivity contribution < 1.29 is 24.5 Å². The molecule has 0 spiro atoms. The zero-order valence-corrected chi connectivity index (χ0v) is 9.46. The van der Waals surface area contributed by atoms with Gasteiger partial charge in [-0.1, -0.05) is 0 Å². The summed E-state index contributed by atoms with van der Waals surface area (Å²) in [5, 5.41) is 19.8. The zero-order valence-electron chi connectivity index (χ0n) is 9.46. The second kappa shape index (κ2) is 6.53.